The van der Waals surface area contributed by atoms with E-state index in [0.717, 1.165) is 5.56 Å². The normalized spacial score (nSPS) is 17.8. The number of benzodiazepines with no additional fused rings is 1. The van der Waals surface area contributed by atoms with Gasteiger partial charge in [0.1, 0.15) is 5.82 Å². The van der Waals surface area contributed by atoms with Gasteiger partial charge in [0.15, 0.2) is 6.17 Å². The van der Waals surface area contributed by atoms with Gasteiger partial charge in [-0.25, -0.2) is 4.39 Å². The Kier molecular flexibility index (Phi) is 3.04. The molecule has 0 aromatic heterocycles. The molecule has 1 amide bonds. The average Bonchev–Trinajstić information content (AvgIpc) is 2.59. The Morgan fingerprint density at radius 1 is 1.10 bits per heavy atom. The number of halogens is 1. The van der Waals surface area contributed by atoms with Gasteiger partial charge in [-0.1, -0.05) is 42.5 Å². The maximum Gasteiger partial charge on any atom is 0.263 e. The summed E-state index contributed by atoms with van der Waals surface area (Å²) in [5.41, 5.74) is 7.65. The molecule has 0 unspecified atom stereocenters. The number of para-hydroxylation sites is 1. The molecule has 5 heteroatoms. The monoisotopic (exact) mass is 269 g/mol. The molecule has 1 atom stereocenters. The highest BCUT2D eigenvalue weighted by atomic mass is 19.1. The van der Waals surface area contributed by atoms with Crippen molar-refractivity contribution in [2.45, 2.75) is 6.17 Å². The van der Waals surface area contributed by atoms with Crippen LogP contribution in [0.3, 0.4) is 0 Å². The van der Waals surface area contributed by atoms with Crippen LogP contribution in [0.5, 0.6) is 0 Å². The second-order valence-corrected chi connectivity index (χ2v) is 4.44. The van der Waals surface area contributed by atoms with E-state index in [1.54, 1.807) is 12.1 Å². The Labute approximate surface area is 115 Å². The van der Waals surface area contributed by atoms with E-state index < -0.39 is 17.9 Å². The topological polar surface area (TPSA) is 67.5 Å². The van der Waals surface area contributed by atoms with Crippen LogP contribution < -0.4 is 11.1 Å². The van der Waals surface area contributed by atoms with E-state index in [2.05, 4.69) is 10.3 Å². The van der Waals surface area contributed by atoms with Gasteiger partial charge in [0.25, 0.3) is 5.91 Å². The van der Waals surface area contributed by atoms with Crippen molar-refractivity contribution in [3.05, 3.63) is 65.5 Å². The molecule has 2 aromatic carbocycles. The lowest BCUT2D eigenvalue weighted by molar-refractivity contribution is -0.117. The molecule has 1 aliphatic heterocycles. The summed E-state index contributed by atoms with van der Waals surface area (Å²) in [6.45, 7) is 0. The number of aliphatic imine (C=N–C) groups is 1. The zero-order valence-corrected chi connectivity index (χ0v) is 10.5. The summed E-state index contributed by atoms with van der Waals surface area (Å²) in [5.74, 6) is -1.03. The minimum absolute atomic E-state index is 0.119. The van der Waals surface area contributed by atoms with Crippen LogP contribution in [0.15, 0.2) is 53.5 Å². The predicted molar refractivity (Wildman–Crippen MR) is 75.1 cm³/mol. The summed E-state index contributed by atoms with van der Waals surface area (Å²) in [5, 5.41) is 2.49. The summed E-state index contributed by atoms with van der Waals surface area (Å²) >= 11 is 0. The molecule has 0 aliphatic carbocycles. The van der Waals surface area contributed by atoms with Crippen molar-refractivity contribution >= 4 is 17.3 Å². The molecule has 0 saturated heterocycles. The fourth-order valence-electron chi connectivity index (χ4n) is 2.14. The van der Waals surface area contributed by atoms with E-state index in [1.165, 1.54) is 6.07 Å². The zero-order valence-electron chi connectivity index (χ0n) is 10.5. The zero-order chi connectivity index (χ0) is 14.1. The van der Waals surface area contributed by atoms with Gasteiger partial charge in [-0.15, -0.1) is 0 Å². The Morgan fingerprint density at radius 2 is 1.85 bits per heavy atom. The van der Waals surface area contributed by atoms with Crippen LogP contribution >= 0.6 is 0 Å². The number of nitrogens with one attached hydrogen (secondary N) is 1. The molecule has 0 saturated carbocycles. The lowest BCUT2D eigenvalue weighted by Crippen LogP contribution is -2.33. The number of carbonyl (C=O) groups is 1. The number of nitrogens with zero attached hydrogens (tertiary/aromatic N) is 1. The first kappa shape index (κ1) is 12.5. The van der Waals surface area contributed by atoms with Gasteiger partial charge >= 0.3 is 0 Å². The molecular formula is C15H12FN3O. The van der Waals surface area contributed by atoms with E-state index in [0.29, 0.717) is 11.3 Å². The van der Waals surface area contributed by atoms with Crippen LogP contribution in [0.2, 0.25) is 0 Å². The van der Waals surface area contributed by atoms with Crippen LogP contribution in [0.25, 0.3) is 0 Å². The molecular weight excluding hydrogens is 257 g/mol. The predicted octanol–water partition coefficient (Wildman–Crippen LogP) is 1.90. The van der Waals surface area contributed by atoms with Gasteiger partial charge in [0.05, 0.1) is 11.4 Å². The summed E-state index contributed by atoms with van der Waals surface area (Å²) in [6, 6.07) is 13.8. The van der Waals surface area contributed by atoms with Gasteiger partial charge in [-0.05, 0) is 6.07 Å². The summed E-state index contributed by atoms with van der Waals surface area (Å²) in [6.07, 6.45) is -1.06. The second-order valence-electron chi connectivity index (χ2n) is 4.44. The van der Waals surface area contributed by atoms with Crippen molar-refractivity contribution < 1.29 is 9.18 Å². The van der Waals surface area contributed by atoms with Crippen LogP contribution in [0.4, 0.5) is 10.1 Å². The fourth-order valence-corrected chi connectivity index (χ4v) is 2.14. The quantitative estimate of drug-likeness (QED) is 0.830. The Morgan fingerprint density at radius 3 is 2.60 bits per heavy atom. The molecule has 3 rings (SSSR count). The Bertz CT molecular complexity index is 698. The molecule has 0 fully saturated rings. The largest absolute Gasteiger partial charge is 0.320 e. The highest BCUT2D eigenvalue weighted by Crippen LogP contribution is 2.26. The molecule has 2 aromatic rings. The first-order valence-corrected chi connectivity index (χ1v) is 6.15. The smallest absolute Gasteiger partial charge is 0.263 e. The molecule has 4 nitrogen and oxygen atoms in total. The Balaban J connectivity index is 2.25. The third kappa shape index (κ3) is 2.08. The number of nitrogens with two attached hydrogens (primary N) is 1. The van der Waals surface area contributed by atoms with E-state index >= 15 is 0 Å². The lowest BCUT2D eigenvalue weighted by Gasteiger charge is -2.10. The van der Waals surface area contributed by atoms with Crippen LogP contribution in [-0.4, -0.2) is 17.8 Å². The van der Waals surface area contributed by atoms with E-state index in [9.17, 15) is 9.18 Å². The van der Waals surface area contributed by atoms with E-state index in [1.807, 2.05) is 30.3 Å². The highest BCUT2D eigenvalue weighted by Gasteiger charge is 2.24. The number of rotatable bonds is 1. The number of anilines is 1. The summed E-state index contributed by atoms with van der Waals surface area (Å²) in [4.78, 5) is 16.0. The second kappa shape index (κ2) is 4.86. The van der Waals surface area contributed by atoms with Gasteiger partial charge in [0, 0.05) is 11.1 Å². The number of hydrogen-bond acceptors (Lipinski definition) is 3. The van der Waals surface area contributed by atoms with Crippen molar-refractivity contribution in [3.8, 4) is 0 Å². The van der Waals surface area contributed by atoms with Gasteiger partial charge < -0.3 is 11.1 Å². The third-order valence-corrected chi connectivity index (χ3v) is 3.10. The van der Waals surface area contributed by atoms with E-state index in [-0.39, 0.29) is 5.69 Å². The van der Waals surface area contributed by atoms with Gasteiger partial charge in [-0.3, -0.25) is 9.79 Å². The molecule has 0 radical (unpaired) electrons. The SMILES string of the molecule is N[C@H]1N=C(c2ccccc2)c2cccc(F)c2NC1=O. The maximum atomic E-state index is 13.9. The summed E-state index contributed by atoms with van der Waals surface area (Å²) in [7, 11) is 0. The maximum absolute atomic E-state index is 13.9. The average molecular weight is 269 g/mol. The molecule has 100 valence electrons. The van der Waals surface area contributed by atoms with Crippen LogP contribution in [0, 0.1) is 5.82 Å². The summed E-state index contributed by atoms with van der Waals surface area (Å²) < 4.78 is 13.9. The molecule has 3 N–H and O–H groups in total. The lowest BCUT2D eigenvalue weighted by atomic mass is 10.0. The highest BCUT2D eigenvalue weighted by molar-refractivity contribution is 6.19. The number of amides is 1. The third-order valence-electron chi connectivity index (χ3n) is 3.10. The van der Waals surface area contributed by atoms with Crippen molar-refractivity contribution in [2.75, 3.05) is 5.32 Å². The number of carbonyl (C=O) groups excluding carboxylic acids is 1. The van der Waals surface area contributed by atoms with Crippen molar-refractivity contribution in [1.82, 2.24) is 0 Å². The number of hydrogen-bond donors (Lipinski definition) is 2. The molecule has 1 aliphatic rings. The number of benzene rings is 2. The van der Waals surface area contributed by atoms with Gasteiger partial charge in [-0.2, -0.15) is 0 Å². The van der Waals surface area contributed by atoms with Crippen LogP contribution in [-0.2, 0) is 4.79 Å². The van der Waals surface area contributed by atoms with Crippen LogP contribution in [0.1, 0.15) is 11.1 Å². The molecule has 20 heavy (non-hydrogen) atoms. The van der Waals surface area contributed by atoms with Gasteiger partial charge in [0.2, 0.25) is 0 Å². The molecule has 0 spiro atoms. The minimum atomic E-state index is -1.06. The molecule has 0 bridgehead atoms. The first-order chi connectivity index (χ1) is 9.66. The Hall–Kier alpha value is -2.53. The van der Waals surface area contributed by atoms with Crippen molar-refractivity contribution in [2.24, 2.45) is 10.7 Å². The molecule has 1 heterocycles. The number of fused-ring (bicyclic) bond motifs is 1. The van der Waals surface area contributed by atoms with Crippen molar-refractivity contribution in [3.63, 3.8) is 0 Å². The fraction of sp³-hybridized carbons (Fsp3) is 0.0667. The minimum Gasteiger partial charge on any atom is -0.320 e. The van der Waals surface area contributed by atoms with Crippen molar-refractivity contribution in [1.29, 1.82) is 0 Å². The first-order valence-electron chi connectivity index (χ1n) is 6.15. The standard InChI is InChI=1S/C15H12FN3O/c16-11-8-4-7-10-12(9-5-2-1-3-6-9)18-14(17)15(20)19-13(10)11/h1-8,14H,17H2,(H,19,20)/t14-/m0/s1. The van der Waals surface area contributed by atoms with E-state index in [4.69, 9.17) is 5.73 Å².